The van der Waals surface area contributed by atoms with E-state index in [1.807, 2.05) is 19.1 Å². The molecular formula is C16H17N3O3S. The molecule has 0 fully saturated rings. The summed E-state index contributed by atoms with van der Waals surface area (Å²) in [5.74, 6) is -0.103. The van der Waals surface area contributed by atoms with Crippen LogP contribution in [-0.4, -0.2) is 18.4 Å². The number of sulfonamides is 1. The molecule has 0 bridgehead atoms. The van der Waals surface area contributed by atoms with Gasteiger partial charge in [0.25, 0.3) is 0 Å². The first kappa shape index (κ1) is 15.4. The van der Waals surface area contributed by atoms with E-state index in [2.05, 4.69) is 14.7 Å². The number of nitrogens with one attached hydrogen (secondary N) is 3. The zero-order valence-electron chi connectivity index (χ0n) is 12.8. The smallest absolute Gasteiger partial charge is 0.306 e. The summed E-state index contributed by atoms with van der Waals surface area (Å²) in [6.07, 6.45) is 0. The van der Waals surface area contributed by atoms with Crippen molar-refractivity contribution in [3.05, 3.63) is 63.6 Å². The van der Waals surface area contributed by atoms with Gasteiger partial charge in [0.1, 0.15) is 0 Å². The van der Waals surface area contributed by atoms with E-state index >= 15 is 0 Å². The number of fused-ring (bicyclic) bond motifs is 1. The first-order valence-electron chi connectivity index (χ1n) is 7.11. The van der Waals surface area contributed by atoms with Crippen LogP contribution in [0.4, 0.5) is 5.69 Å². The maximum Gasteiger partial charge on any atom is 0.323 e. The molecule has 0 aliphatic carbocycles. The summed E-state index contributed by atoms with van der Waals surface area (Å²) in [7, 11) is -3.54. The van der Waals surface area contributed by atoms with Crippen molar-refractivity contribution in [2.45, 2.75) is 19.6 Å². The molecule has 3 N–H and O–H groups in total. The van der Waals surface area contributed by atoms with Gasteiger partial charge in [0.15, 0.2) is 0 Å². The van der Waals surface area contributed by atoms with Gasteiger partial charge in [-0.1, -0.05) is 29.8 Å². The number of imidazole rings is 1. The lowest BCUT2D eigenvalue weighted by Gasteiger charge is -2.11. The number of hydrogen-bond acceptors (Lipinski definition) is 3. The van der Waals surface area contributed by atoms with Gasteiger partial charge in [-0.05, 0) is 37.1 Å². The number of aromatic amines is 2. The van der Waals surface area contributed by atoms with Crippen LogP contribution in [0.5, 0.6) is 0 Å². The van der Waals surface area contributed by atoms with Gasteiger partial charge in [-0.15, -0.1) is 0 Å². The Hall–Kier alpha value is -2.54. The van der Waals surface area contributed by atoms with E-state index in [4.69, 9.17) is 0 Å². The third-order valence-corrected chi connectivity index (χ3v) is 4.85. The van der Waals surface area contributed by atoms with Crippen LogP contribution in [0.3, 0.4) is 0 Å². The number of aromatic nitrogens is 2. The van der Waals surface area contributed by atoms with Crippen molar-refractivity contribution in [3.63, 3.8) is 0 Å². The molecule has 1 aromatic heterocycles. The Morgan fingerprint density at radius 1 is 1.00 bits per heavy atom. The fraction of sp³-hybridized carbons (Fsp3) is 0.188. The van der Waals surface area contributed by atoms with Crippen molar-refractivity contribution in [1.82, 2.24) is 9.97 Å². The van der Waals surface area contributed by atoms with Crippen LogP contribution >= 0.6 is 0 Å². The Balaban J connectivity index is 1.89. The van der Waals surface area contributed by atoms with Crippen LogP contribution in [0, 0.1) is 13.8 Å². The molecule has 0 saturated heterocycles. The lowest BCUT2D eigenvalue weighted by molar-refractivity contribution is 0.600. The third-order valence-electron chi connectivity index (χ3n) is 3.60. The molecule has 0 atom stereocenters. The molecule has 3 rings (SSSR count). The first-order chi connectivity index (χ1) is 10.8. The number of H-pyrrole nitrogens is 2. The van der Waals surface area contributed by atoms with E-state index < -0.39 is 10.0 Å². The average molecular weight is 331 g/mol. The van der Waals surface area contributed by atoms with Crippen molar-refractivity contribution in [2.75, 3.05) is 4.72 Å². The predicted octanol–water partition coefficient (Wildman–Crippen LogP) is 2.41. The summed E-state index contributed by atoms with van der Waals surface area (Å²) in [6, 6.07) is 10.7. The molecule has 1 heterocycles. The highest BCUT2D eigenvalue weighted by atomic mass is 32.2. The summed E-state index contributed by atoms with van der Waals surface area (Å²) < 4.78 is 27.3. The standard InChI is InChI=1S/C16H17N3O3S/c1-10-3-5-12(6-4-10)9-23(21,22)19-13-8-15-14(7-11(13)2)17-16(20)18-15/h3-8,19H,9H2,1-2H3,(H2,17,18,20). The minimum atomic E-state index is -3.54. The largest absolute Gasteiger partial charge is 0.323 e. The molecule has 0 aliphatic rings. The second-order valence-electron chi connectivity index (χ2n) is 5.64. The Kier molecular flexibility index (Phi) is 3.73. The molecule has 3 aromatic rings. The van der Waals surface area contributed by atoms with Gasteiger partial charge in [0.05, 0.1) is 22.5 Å². The summed E-state index contributed by atoms with van der Waals surface area (Å²) in [6.45, 7) is 3.74. The van der Waals surface area contributed by atoms with Crippen LogP contribution < -0.4 is 10.4 Å². The maximum absolute atomic E-state index is 12.4. The second-order valence-corrected chi connectivity index (χ2v) is 7.36. The second kappa shape index (κ2) is 5.58. The molecule has 23 heavy (non-hydrogen) atoms. The Labute approximate surface area is 133 Å². The molecule has 0 spiro atoms. The zero-order valence-corrected chi connectivity index (χ0v) is 13.6. The fourth-order valence-corrected chi connectivity index (χ4v) is 3.67. The molecular weight excluding hydrogens is 314 g/mol. The van der Waals surface area contributed by atoms with Gasteiger partial charge >= 0.3 is 5.69 Å². The topological polar surface area (TPSA) is 94.8 Å². The molecule has 6 nitrogen and oxygen atoms in total. The monoisotopic (exact) mass is 331 g/mol. The highest BCUT2D eigenvalue weighted by Crippen LogP contribution is 2.22. The zero-order chi connectivity index (χ0) is 16.6. The summed E-state index contributed by atoms with van der Waals surface area (Å²) in [4.78, 5) is 16.6. The number of rotatable bonds is 4. The lowest BCUT2D eigenvalue weighted by Crippen LogP contribution is -2.15. The van der Waals surface area contributed by atoms with Crippen molar-refractivity contribution >= 4 is 26.7 Å². The van der Waals surface area contributed by atoms with Crippen LogP contribution in [0.1, 0.15) is 16.7 Å². The number of aryl methyl sites for hydroxylation is 2. The van der Waals surface area contributed by atoms with Gasteiger partial charge in [0.2, 0.25) is 10.0 Å². The van der Waals surface area contributed by atoms with Crippen molar-refractivity contribution in [3.8, 4) is 0 Å². The van der Waals surface area contributed by atoms with Crippen LogP contribution in [0.2, 0.25) is 0 Å². The molecule has 0 aliphatic heterocycles. The number of anilines is 1. The van der Waals surface area contributed by atoms with Gasteiger partial charge in [-0.3, -0.25) is 4.72 Å². The molecule has 120 valence electrons. The van der Waals surface area contributed by atoms with Crippen LogP contribution in [0.25, 0.3) is 11.0 Å². The predicted molar refractivity (Wildman–Crippen MR) is 91.1 cm³/mol. The molecule has 0 saturated carbocycles. The first-order valence-corrected chi connectivity index (χ1v) is 8.76. The average Bonchev–Trinajstić information content (AvgIpc) is 2.80. The van der Waals surface area contributed by atoms with Gasteiger partial charge in [0, 0.05) is 0 Å². The third kappa shape index (κ3) is 3.45. The van der Waals surface area contributed by atoms with E-state index in [1.54, 1.807) is 31.2 Å². The molecule has 7 heteroatoms. The minimum Gasteiger partial charge on any atom is -0.306 e. The Bertz CT molecular complexity index is 1010. The van der Waals surface area contributed by atoms with E-state index in [9.17, 15) is 13.2 Å². The molecule has 0 amide bonds. The van der Waals surface area contributed by atoms with E-state index in [0.29, 0.717) is 16.7 Å². The number of hydrogen-bond donors (Lipinski definition) is 3. The highest BCUT2D eigenvalue weighted by Gasteiger charge is 2.14. The minimum absolute atomic E-state index is 0.103. The Morgan fingerprint density at radius 3 is 2.26 bits per heavy atom. The van der Waals surface area contributed by atoms with Crippen molar-refractivity contribution in [1.29, 1.82) is 0 Å². The normalized spacial score (nSPS) is 11.7. The van der Waals surface area contributed by atoms with Crippen molar-refractivity contribution in [2.24, 2.45) is 0 Å². The van der Waals surface area contributed by atoms with Gasteiger partial charge < -0.3 is 9.97 Å². The van der Waals surface area contributed by atoms with Crippen LogP contribution in [-0.2, 0) is 15.8 Å². The molecule has 0 unspecified atom stereocenters. The summed E-state index contributed by atoms with van der Waals surface area (Å²) in [5, 5.41) is 0. The lowest BCUT2D eigenvalue weighted by atomic mass is 10.2. The summed E-state index contributed by atoms with van der Waals surface area (Å²) in [5.41, 5.74) is 3.88. The fourth-order valence-electron chi connectivity index (χ4n) is 2.41. The van der Waals surface area contributed by atoms with Crippen LogP contribution in [0.15, 0.2) is 41.2 Å². The van der Waals surface area contributed by atoms with Crippen molar-refractivity contribution < 1.29 is 8.42 Å². The van der Waals surface area contributed by atoms with E-state index in [0.717, 1.165) is 16.7 Å². The number of benzene rings is 2. The van der Waals surface area contributed by atoms with Gasteiger partial charge in [-0.25, -0.2) is 13.2 Å². The highest BCUT2D eigenvalue weighted by molar-refractivity contribution is 7.91. The van der Waals surface area contributed by atoms with E-state index in [1.165, 1.54) is 0 Å². The van der Waals surface area contributed by atoms with Gasteiger partial charge in [-0.2, -0.15) is 0 Å². The molecule has 0 radical (unpaired) electrons. The molecule has 2 aromatic carbocycles. The van der Waals surface area contributed by atoms with E-state index in [-0.39, 0.29) is 11.4 Å². The maximum atomic E-state index is 12.4. The Morgan fingerprint density at radius 2 is 1.61 bits per heavy atom. The summed E-state index contributed by atoms with van der Waals surface area (Å²) >= 11 is 0. The SMILES string of the molecule is Cc1ccc(CS(=O)(=O)Nc2cc3[nH]c(=O)[nH]c3cc2C)cc1. The quantitative estimate of drug-likeness (QED) is 0.685.